The van der Waals surface area contributed by atoms with E-state index in [2.05, 4.69) is 21.9 Å². The Morgan fingerprint density at radius 3 is 2.90 bits per heavy atom. The van der Waals surface area contributed by atoms with Crippen molar-refractivity contribution >= 4 is 23.2 Å². The van der Waals surface area contributed by atoms with Crippen LogP contribution in [0.3, 0.4) is 0 Å². The molecule has 4 rings (SSSR count). The lowest BCUT2D eigenvalue weighted by Gasteiger charge is -2.15. The summed E-state index contributed by atoms with van der Waals surface area (Å²) in [5, 5.41) is 15.4. The number of carbonyl (C=O) groups is 2. The molecule has 1 aromatic carbocycles. The van der Waals surface area contributed by atoms with Crippen LogP contribution in [0.1, 0.15) is 34.3 Å². The second-order valence-corrected chi connectivity index (χ2v) is 8.27. The van der Waals surface area contributed by atoms with Crippen molar-refractivity contribution in [1.29, 1.82) is 0 Å². The third kappa shape index (κ3) is 4.21. The molecule has 0 bridgehead atoms. The van der Waals surface area contributed by atoms with Gasteiger partial charge in [0.05, 0.1) is 11.4 Å². The largest absolute Gasteiger partial charge is 0.369 e. The molecule has 2 aromatic heterocycles. The number of rotatable bonds is 5. The van der Waals surface area contributed by atoms with Gasteiger partial charge >= 0.3 is 0 Å². The predicted octanol–water partition coefficient (Wildman–Crippen LogP) is 1.49. The standard InChI is InChI=1S/C22H21N5O3S/c1-2-26-12-9-22(30,21(26)29)8-7-15-5-3-6-16(13-15)20-25-18(19(23)28)17(31-20)14-27-11-4-10-24-27/h3-6,10-11,13,30H,2,9,12,14H2,1H3,(H2,23,28). The van der Waals surface area contributed by atoms with E-state index >= 15 is 0 Å². The molecule has 3 heterocycles. The van der Waals surface area contributed by atoms with Crippen molar-refractivity contribution in [3.05, 3.63) is 58.9 Å². The number of hydrogen-bond donors (Lipinski definition) is 2. The van der Waals surface area contributed by atoms with E-state index in [-0.39, 0.29) is 18.0 Å². The molecule has 158 valence electrons. The molecule has 0 saturated carbocycles. The molecule has 8 nitrogen and oxygen atoms in total. The number of primary amides is 1. The van der Waals surface area contributed by atoms with Gasteiger partial charge in [-0.3, -0.25) is 14.3 Å². The summed E-state index contributed by atoms with van der Waals surface area (Å²) in [4.78, 5) is 30.9. The minimum absolute atomic E-state index is 0.220. The zero-order valence-corrected chi connectivity index (χ0v) is 17.7. The Hall–Kier alpha value is -3.48. The van der Waals surface area contributed by atoms with Gasteiger partial charge in [-0.05, 0) is 25.1 Å². The molecule has 9 heteroatoms. The van der Waals surface area contributed by atoms with Crippen LogP contribution in [0.15, 0.2) is 42.7 Å². The quantitative estimate of drug-likeness (QED) is 0.590. The molecule has 3 aromatic rings. The zero-order chi connectivity index (χ0) is 22.0. The summed E-state index contributed by atoms with van der Waals surface area (Å²) in [5.41, 5.74) is 5.50. The summed E-state index contributed by atoms with van der Waals surface area (Å²) in [7, 11) is 0. The number of benzene rings is 1. The highest BCUT2D eigenvalue weighted by molar-refractivity contribution is 7.15. The minimum Gasteiger partial charge on any atom is -0.369 e. The number of carbonyl (C=O) groups excluding carboxylic acids is 2. The summed E-state index contributed by atoms with van der Waals surface area (Å²) in [6, 6.07) is 9.09. The molecular formula is C22H21N5O3S. The highest BCUT2D eigenvalue weighted by atomic mass is 32.1. The Labute approximate surface area is 183 Å². The van der Waals surface area contributed by atoms with Gasteiger partial charge < -0.3 is 15.7 Å². The van der Waals surface area contributed by atoms with Crippen LogP contribution in [0.4, 0.5) is 0 Å². The van der Waals surface area contributed by atoms with E-state index in [9.17, 15) is 14.7 Å². The Bertz CT molecular complexity index is 1190. The first-order chi connectivity index (χ1) is 14.9. The summed E-state index contributed by atoms with van der Waals surface area (Å²) in [6.45, 7) is 3.31. The smallest absolute Gasteiger partial charge is 0.268 e. The molecule has 3 N–H and O–H groups in total. The van der Waals surface area contributed by atoms with Crippen molar-refractivity contribution in [3.8, 4) is 22.4 Å². The number of likely N-dealkylation sites (N-methyl/N-ethyl adjacent to an activating group) is 1. The highest BCUT2D eigenvalue weighted by Gasteiger charge is 2.43. The third-order valence-electron chi connectivity index (χ3n) is 5.08. The number of nitrogens with two attached hydrogens (primary N) is 1. The summed E-state index contributed by atoms with van der Waals surface area (Å²) in [6.07, 6.45) is 3.75. The number of aliphatic hydroxyl groups is 1. The molecule has 0 radical (unpaired) electrons. The van der Waals surface area contributed by atoms with E-state index in [1.165, 1.54) is 11.3 Å². The first kappa shape index (κ1) is 20.8. The maximum atomic E-state index is 12.3. The number of aromatic nitrogens is 3. The molecule has 2 amide bonds. The Morgan fingerprint density at radius 2 is 2.23 bits per heavy atom. The predicted molar refractivity (Wildman–Crippen MR) is 116 cm³/mol. The lowest BCUT2D eigenvalue weighted by atomic mass is 10.0. The van der Waals surface area contributed by atoms with Crippen LogP contribution in [0.5, 0.6) is 0 Å². The number of hydrogen-bond acceptors (Lipinski definition) is 6. The average Bonchev–Trinajstić information content (AvgIpc) is 3.48. The first-order valence-electron chi connectivity index (χ1n) is 9.82. The number of likely N-dealkylation sites (tertiary alicyclic amines) is 1. The van der Waals surface area contributed by atoms with Gasteiger partial charge in [-0.1, -0.05) is 24.0 Å². The second kappa shape index (κ2) is 8.34. The zero-order valence-electron chi connectivity index (χ0n) is 16.9. The number of nitrogens with zero attached hydrogens (tertiary/aromatic N) is 4. The topological polar surface area (TPSA) is 114 Å². The molecule has 1 fully saturated rings. The third-order valence-corrected chi connectivity index (χ3v) is 6.17. The Kier molecular flexibility index (Phi) is 5.59. The van der Waals surface area contributed by atoms with Gasteiger partial charge in [0.2, 0.25) is 5.60 Å². The molecule has 1 saturated heterocycles. The molecular weight excluding hydrogens is 414 g/mol. The Balaban J connectivity index is 1.62. The van der Waals surface area contributed by atoms with Crippen LogP contribution in [0.2, 0.25) is 0 Å². The first-order valence-corrected chi connectivity index (χ1v) is 10.6. The van der Waals surface area contributed by atoms with Crippen molar-refractivity contribution in [2.45, 2.75) is 25.5 Å². The molecule has 1 aliphatic heterocycles. The van der Waals surface area contributed by atoms with Gasteiger partial charge in [-0.2, -0.15) is 5.10 Å². The maximum Gasteiger partial charge on any atom is 0.268 e. The van der Waals surface area contributed by atoms with Crippen molar-refractivity contribution in [3.63, 3.8) is 0 Å². The average molecular weight is 436 g/mol. The molecule has 0 aliphatic carbocycles. The molecule has 31 heavy (non-hydrogen) atoms. The van der Waals surface area contributed by atoms with Gasteiger partial charge in [-0.25, -0.2) is 4.98 Å². The van der Waals surface area contributed by atoms with E-state index in [0.29, 0.717) is 35.1 Å². The van der Waals surface area contributed by atoms with Crippen molar-refractivity contribution in [1.82, 2.24) is 19.7 Å². The molecule has 0 spiro atoms. The van der Waals surface area contributed by atoms with Gasteiger partial charge in [0, 0.05) is 43.0 Å². The fourth-order valence-electron chi connectivity index (χ4n) is 3.41. The normalized spacial score (nSPS) is 18.1. The van der Waals surface area contributed by atoms with E-state index in [1.54, 1.807) is 34.1 Å². The lowest BCUT2D eigenvalue weighted by Crippen LogP contribution is -2.38. The second-order valence-electron chi connectivity index (χ2n) is 7.18. The molecule has 1 unspecified atom stereocenters. The number of thiazole rings is 1. The fraction of sp³-hybridized carbons (Fsp3) is 0.273. The maximum absolute atomic E-state index is 12.3. The fourth-order valence-corrected chi connectivity index (χ4v) is 4.46. The summed E-state index contributed by atoms with van der Waals surface area (Å²) in [5.74, 6) is 4.71. The van der Waals surface area contributed by atoms with Crippen LogP contribution in [0.25, 0.3) is 10.6 Å². The molecule has 1 aliphatic rings. The minimum atomic E-state index is -1.65. The van der Waals surface area contributed by atoms with Gasteiger partial charge in [0.25, 0.3) is 11.8 Å². The lowest BCUT2D eigenvalue weighted by molar-refractivity contribution is -0.138. The summed E-state index contributed by atoms with van der Waals surface area (Å²) >= 11 is 1.36. The van der Waals surface area contributed by atoms with Crippen LogP contribution in [-0.2, 0) is 11.3 Å². The molecule has 1 atom stereocenters. The van der Waals surface area contributed by atoms with Crippen molar-refractivity contribution in [2.24, 2.45) is 5.73 Å². The highest BCUT2D eigenvalue weighted by Crippen LogP contribution is 2.29. The van der Waals surface area contributed by atoms with E-state index in [4.69, 9.17) is 5.73 Å². The number of amides is 2. The van der Waals surface area contributed by atoms with Crippen molar-refractivity contribution in [2.75, 3.05) is 13.1 Å². The van der Waals surface area contributed by atoms with Crippen molar-refractivity contribution < 1.29 is 14.7 Å². The SMILES string of the molecule is CCN1CCC(O)(C#Cc2cccc(-c3nc(C(N)=O)c(Cn4cccn4)s3)c2)C1=O. The van der Waals surface area contributed by atoms with E-state index in [1.807, 2.05) is 25.1 Å². The van der Waals surface area contributed by atoms with Crippen LogP contribution in [-0.4, -0.2) is 55.3 Å². The van der Waals surface area contributed by atoms with Gasteiger partial charge in [0.1, 0.15) is 10.7 Å². The van der Waals surface area contributed by atoms with Gasteiger partial charge in [-0.15, -0.1) is 11.3 Å². The van der Waals surface area contributed by atoms with E-state index in [0.717, 1.165) is 5.56 Å². The van der Waals surface area contributed by atoms with Crippen LogP contribution in [0, 0.1) is 11.8 Å². The monoisotopic (exact) mass is 435 g/mol. The summed E-state index contributed by atoms with van der Waals surface area (Å²) < 4.78 is 1.70. The Morgan fingerprint density at radius 1 is 1.39 bits per heavy atom. The van der Waals surface area contributed by atoms with Gasteiger partial charge in [0.15, 0.2) is 0 Å². The van der Waals surface area contributed by atoms with Crippen LogP contribution >= 0.6 is 11.3 Å². The van der Waals surface area contributed by atoms with Crippen LogP contribution < -0.4 is 5.73 Å². The van der Waals surface area contributed by atoms with E-state index < -0.39 is 11.5 Å².